The van der Waals surface area contributed by atoms with Crippen LogP contribution in [0.15, 0.2) is 42.5 Å². The Labute approximate surface area is 150 Å². The number of quaternary nitrogens is 1. The predicted molar refractivity (Wildman–Crippen MR) is 93.2 cm³/mol. The van der Waals surface area contributed by atoms with Crippen molar-refractivity contribution < 1.29 is 14.1 Å². The van der Waals surface area contributed by atoms with Crippen molar-refractivity contribution in [1.82, 2.24) is 4.90 Å². The fraction of sp³-hybridized carbons (Fsp3) is 0.278. The van der Waals surface area contributed by atoms with Crippen molar-refractivity contribution >= 4 is 29.1 Å². The van der Waals surface area contributed by atoms with Gasteiger partial charge in [0.05, 0.1) is 31.7 Å². The first kappa shape index (κ1) is 17.2. The van der Waals surface area contributed by atoms with Crippen LogP contribution in [0.5, 0.6) is 0 Å². The van der Waals surface area contributed by atoms with Crippen LogP contribution in [0.25, 0.3) is 0 Å². The normalized spacial score (nSPS) is 15.5. The highest BCUT2D eigenvalue weighted by atomic mass is 35.5. The SMILES string of the molecule is O=C(c1cc(Cl)ccc1F)N1CC[NH+](Cc2cccc(Cl)c2)CC1. The third kappa shape index (κ3) is 4.07. The number of piperazine rings is 1. The van der Waals surface area contributed by atoms with Gasteiger partial charge in [-0.25, -0.2) is 4.39 Å². The molecule has 0 unspecified atom stereocenters. The van der Waals surface area contributed by atoms with Crippen LogP contribution in [-0.2, 0) is 6.54 Å². The summed E-state index contributed by atoms with van der Waals surface area (Å²) in [5.41, 5.74) is 1.22. The summed E-state index contributed by atoms with van der Waals surface area (Å²) in [5.74, 6) is -0.824. The van der Waals surface area contributed by atoms with E-state index >= 15 is 0 Å². The number of carbonyl (C=O) groups excluding carboxylic acids is 1. The molecular formula is C18H18Cl2FN2O+. The van der Waals surface area contributed by atoms with Gasteiger partial charge in [-0.05, 0) is 30.3 Å². The maximum absolute atomic E-state index is 13.9. The Hall–Kier alpha value is -1.62. The lowest BCUT2D eigenvalue weighted by Gasteiger charge is -2.32. The Morgan fingerprint density at radius 2 is 1.79 bits per heavy atom. The summed E-state index contributed by atoms with van der Waals surface area (Å²) in [4.78, 5) is 15.6. The van der Waals surface area contributed by atoms with Gasteiger partial charge >= 0.3 is 0 Å². The maximum Gasteiger partial charge on any atom is 0.257 e. The van der Waals surface area contributed by atoms with E-state index in [9.17, 15) is 9.18 Å². The van der Waals surface area contributed by atoms with Crippen LogP contribution in [0.4, 0.5) is 4.39 Å². The Bertz CT molecular complexity index is 746. The van der Waals surface area contributed by atoms with Gasteiger partial charge in [0.1, 0.15) is 12.4 Å². The third-order valence-electron chi connectivity index (χ3n) is 4.26. The van der Waals surface area contributed by atoms with Crippen LogP contribution in [0.3, 0.4) is 0 Å². The summed E-state index contributed by atoms with van der Waals surface area (Å²) >= 11 is 11.9. The molecule has 0 aliphatic carbocycles. The average molecular weight is 368 g/mol. The van der Waals surface area contributed by atoms with Gasteiger partial charge in [0.2, 0.25) is 0 Å². The fourth-order valence-electron chi connectivity index (χ4n) is 2.97. The second kappa shape index (κ2) is 7.51. The van der Waals surface area contributed by atoms with Crippen molar-refractivity contribution in [2.75, 3.05) is 26.2 Å². The van der Waals surface area contributed by atoms with E-state index in [4.69, 9.17) is 23.2 Å². The zero-order valence-electron chi connectivity index (χ0n) is 13.1. The molecule has 0 saturated carbocycles. The summed E-state index contributed by atoms with van der Waals surface area (Å²) in [6, 6.07) is 11.9. The maximum atomic E-state index is 13.9. The quantitative estimate of drug-likeness (QED) is 0.886. The van der Waals surface area contributed by atoms with Gasteiger partial charge in [-0.15, -0.1) is 0 Å². The zero-order chi connectivity index (χ0) is 17.1. The minimum absolute atomic E-state index is 0.0424. The molecule has 1 N–H and O–H groups in total. The van der Waals surface area contributed by atoms with Gasteiger partial charge in [0.15, 0.2) is 0 Å². The van der Waals surface area contributed by atoms with Crippen LogP contribution < -0.4 is 4.90 Å². The second-order valence-electron chi connectivity index (χ2n) is 5.97. The largest absolute Gasteiger partial charge is 0.328 e. The summed E-state index contributed by atoms with van der Waals surface area (Å²) in [6.45, 7) is 3.70. The molecule has 1 heterocycles. The van der Waals surface area contributed by atoms with E-state index in [-0.39, 0.29) is 11.5 Å². The molecule has 126 valence electrons. The molecular weight excluding hydrogens is 350 g/mol. The Balaban J connectivity index is 1.60. The standard InChI is InChI=1S/C18H17Cl2FN2O/c19-14-3-1-2-13(10-14)12-22-6-8-23(9-7-22)18(24)16-11-15(20)4-5-17(16)21/h1-5,10-11H,6-9,12H2/p+1. The van der Waals surface area contributed by atoms with Crippen molar-refractivity contribution in [2.24, 2.45) is 0 Å². The van der Waals surface area contributed by atoms with E-state index in [1.54, 1.807) is 4.90 Å². The topological polar surface area (TPSA) is 24.8 Å². The Morgan fingerprint density at radius 1 is 1.08 bits per heavy atom. The van der Waals surface area contributed by atoms with Crippen LogP contribution in [-0.4, -0.2) is 37.0 Å². The molecule has 1 aliphatic heterocycles. The van der Waals surface area contributed by atoms with Crippen molar-refractivity contribution in [2.45, 2.75) is 6.54 Å². The molecule has 3 rings (SSSR count). The minimum Gasteiger partial charge on any atom is -0.328 e. The Kier molecular flexibility index (Phi) is 5.39. The molecule has 3 nitrogen and oxygen atoms in total. The summed E-state index contributed by atoms with van der Waals surface area (Å²) in [6.07, 6.45) is 0. The summed E-state index contributed by atoms with van der Waals surface area (Å²) in [5, 5.41) is 1.10. The Morgan fingerprint density at radius 3 is 2.50 bits per heavy atom. The van der Waals surface area contributed by atoms with Gasteiger partial charge < -0.3 is 9.80 Å². The van der Waals surface area contributed by atoms with Crippen LogP contribution in [0.2, 0.25) is 10.0 Å². The molecule has 1 aliphatic rings. The lowest BCUT2D eigenvalue weighted by Crippen LogP contribution is -3.13. The van der Waals surface area contributed by atoms with Crippen molar-refractivity contribution in [1.29, 1.82) is 0 Å². The third-order valence-corrected chi connectivity index (χ3v) is 4.73. The molecule has 1 fully saturated rings. The number of amides is 1. The molecule has 6 heteroatoms. The molecule has 1 amide bonds. The lowest BCUT2D eigenvalue weighted by molar-refractivity contribution is -0.917. The zero-order valence-corrected chi connectivity index (χ0v) is 14.6. The number of hydrogen-bond acceptors (Lipinski definition) is 1. The van der Waals surface area contributed by atoms with Gasteiger partial charge in [0.25, 0.3) is 5.91 Å². The number of benzene rings is 2. The fourth-order valence-corrected chi connectivity index (χ4v) is 3.36. The lowest BCUT2D eigenvalue weighted by atomic mass is 10.1. The van der Waals surface area contributed by atoms with Crippen LogP contribution >= 0.6 is 23.2 Å². The van der Waals surface area contributed by atoms with Gasteiger partial charge in [-0.3, -0.25) is 4.79 Å². The van der Waals surface area contributed by atoms with Crippen molar-refractivity contribution in [3.63, 3.8) is 0 Å². The van der Waals surface area contributed by atoms with Crippen LogP contribution in [0.1, 0.15) is 15.9 Å². The highest BCUT2D eigenvalue weighted by Gasteiger charge is 2.26. The van der Waals surface area contributed by atoms with E-state index in [2.05, 4.69) is 6.07 Å². The van der Waals surface area contributed by atoms with Gasteiger partial charge in [-0.2, -0.15) is 0 Å². The molecule has 2 aromatic rings. The number of hydrogen-bond donors (Lipinski definition) is 1. The van der Waals surface area contributed by atoms with Gasteiger partial charge in [-0.1, -0.05) is 35.3 Å². The predicted octanol–water partition coefficient (Wildman–Crippen LogP) is 2.67. The molecule has 0 atom stereocenters. The molecule has 2 aromatic carbocycles. The number of nitrogens with zero attached hydrogens (tertiary/aromatic N) is 1. The van der Waals surface area contributed by atoms with E-state index < -0.39 is 5.82 Å². The molecule has 0 radical (unpaired) electrons. The first-order valence-electron chi connectivity index (χ1n) is 7.85. The van der Waals surface area contributed by atoms with Crippen molar-refractivity contribution in [3.05, 3.63) is 69.5 Å². The molecule has 24 heavy (non-hydrogen) atoms. The molecule has 1 saturated heterocycles. The number of nitrogens with one attached hydrogen (secondary N) is 1. The first-order valence-corrected chi connectivity index (χ1v) is 8.61. The molecule has 0 bridgehead atoms. The second-order valence-corrected chi connectivity index (χ2v) is 6.85. The van der Waals surface area contributed by atoms with E-state index in [1.165, 1.54) is 28.7 Å². The summed E-state index contributed by atoms with van der Waals surface area (Å²) in [7, 11) is 0. The number of carbonyl (C=O) groups is 1. The monoisotopic (exact) mass is 367 g/mol. The van der Waals surface area contributed by atoms with Crippen molar-refractivity contribution in [3.8, 4) is 0 Å². The molecule has 0 aromatic heterocycles. The number of halogens is 3. The van der Waals surface area contributed by atoms with Crippen LogP contribution in [0, 0.1) is 5.82 Å². The van der Waals surface area contributed by atoms with E-state index in [0.717, 1.165) is 24.7 Å². The smallest absolute Gasteiger partial charge is 0.257 e. The highest BCUT2D eigenvalue weighted by molar-refractivity contribution is 6.31. The average Bonchev–Trinajstić information content (AvgIpc) is 2.57. The first-order chi connectivity index (χ1) is 11.5. The summed E-state index contributed by atoms with van der Waals surface area (Å²) < 4.78 is 13.9. The van der Waals surface area contributed by atoms with E-state index in [1.807, 2.05) is 18.2 Å². The van der Waals surface area contributed by atoms with Gasteiger partial charge in [0, 0.05) is 15.6 Å². The number of rotatable bonds is 3. The van der Waals surface area contributed by atoms with E-state index in [0.29, 0.717) is 18.1 Å². The highest BCUT2D eigenvalue weighted by Crippen LogP contribution is 2.17. The molecule has 0 spiro atoms. The minimum atomic E-state index is -0.530.